The van der Waals surface area contributed by atoms with Gasteiger partial charge in [-0.05, 0) is 38.1 Å². The van der Waals surface area contributed by atoms with Crippen LogP contribution in [0.3, 0.4) is 0 Å². The normalized spacial score (nSPS) is 10.4. The summed E-state index contributed by atoms with van der Waals surface area (Å²) >= 11 is 0. The third kappa shape index (κ3) is 6.07. The van der Waals surface area contributed by atoms with Gasteiger partial charge in [-0.15, -0.1) is 0 Å². The number of fused-ring (bicyclic) bond motifs is 1. The lowest BCUT2D eigenvalue weighted by Crippen LogP contribution is -2.05. The lowest BCUT2D eigenvalue weighted by atomic mass is 10.1. The number of amides is 1. The summed E-state index contributed by atoms with van der Waals surface area (Å²) in [5.74, 6) is 0.774. The van der Waals surface area contributed by atoms with Crippen LogP contribution in [-0.2, 0) is 21.3 Å². The SMILES string of the molecule is CC(C)Oc1ccc2c(C#N)c(-c3cccc(NC=O)c3)n(C)c2c1.COCCOC. The van der Waals surface area contributed by atoms with E-state index in [1.165, 1.54) is 0 Å². The second kappa shape index (κ2) is 11.7. The van der Waals surface area contributed by atoms with E-state index in [1.807, 2.05) is 61.9 Å². The fourth-order valence-electron chi connectivity index (χ4n) is 3.20. The van der Waals surface area contributed by atoms with E-state index in [2.05, 4.69) is 20.9 Å². The van der Waals surface area contributed by atoms with E-state index >= 15 is 0 Å². The molecular weight excluding hydrogens is 394 g/mol. The van der Waals surface area contributed by atoms with Crippen molar-refractivity contribution in [2.45, 2.75) is 20.0 Å². The highest BCUT2D eigenvalue weighted by Gasteiger charge is 2.17. The van der Waals surface area contributed by atoms with Gasteiger partial charge in [0.1, 0.15) is 11.8 Å². The van der Waals surface area contributed by atoms with Crippen LogP contribution in [0, 0.1) is 11.3 Å². The lowest BCUT2D eigenvalue weighted by Gasteiger charge is -2.10. The monoisotopic (exact) mass is 423 g/mol. The van der Waals surface area contributed by atoms with Gasteiger partial charge in [-0.3, -0.25) is 4.79 Å². The van der Waals surface area contributed by atoms with Gasteiger partial charge in [0.2, 0.25) is 6.41 Å². The van der Waals surface area contributed by atoms with Gasteiger partial charge in [-0.1, -0.05) is 12.1 Å². The Morgan fingerprint density at radius 1 is 1.13 bits per heavy atom. The number of ether oxygens (including phenoxy) is 3. The van der Waals surface area contributed by atoms with Gasteiger partial charge in [0.25, 0.3) is 0 Å². The average molecular weight is 424 g/mol. The quantitative estimate of drug-likeness (QED) is 0.430. The van der Waals surface area contributed by atoms with Crippen molar-refractivity contribution in [3.8, 4) is 23.1 Å². The Balaban J connectivity index is 0.000000501. The van der Waals surface area contributed by atoms with E-state index in [1.54, 1.807) is 20.3 Å². The summed E-state index contributed by atoms with van der Waals surface area (Å²) in [6.07, 6.45) is 0.722. The molecule has 7 nitrogen and oxygen atoms in total. The molecule has 1 N–H and O–H groups in total. The standard InChI is InChI=1S/C20H19N3O2.C4H10O2/c1-13(2)25-16-7-8-17-18(11-21)20(23(3)19(17)10-16)14-5-4-6-15(9-14)22-12-24;1-5-3-4-6-2/h4-10,12-13H,1-3H3,(H,22,24);3-4H2,1-2H3. The first kappa shape index (κ1) is 23.9. The summed E-state index contributed by atoms with van der Waals surface area (Å²) in [5, 5.41) is 13.2. The zero-order valence-electron chi connectivity index (χ0n) is 18.6. The molecule has 0 atom stereocenters. The molecule has 0 spiro atoms. The van der Waals surface area contributed by atoms with Crippen molar-refractivity contribution in [3.63, 3.8) is 0 Å². The van der Waals surface area contributed by atoms with E-state index in [0.717, 1.165) is 27.9 Å². The number of rotatable bonds is 8. The molecule has 0 saturated carbocycles. The molecule has 7 heteroatoms. The summed E-state index contributed by atoms with van der Waals surface area (Å²) in [5.41, 5.74) is 3.91. The van der Waals surface area contributed by atoms with Crippen LogP contribution in [0.1, 0.15) is 19.4 Å². The number of nitriles is 1. The molecule has 31 heavy (non-hydrogen) atoms. The third-order valence-corrected chi connectivity index (χ3v) is 4.51. The first-order valence-corrected chi connectivity index (χ1v) is 9.94. The van der Waals surface area contributed by atoms with E-state index in [9.17, 15) is 10.1 Å². The van der Waals surface area contributed by atoms with Gasteiger partial charge in [-0.2, -0.15) is 5.26 Å². The van der Waals surface area contributed by atoms with Gasteiger partial charge in [0.15, 0.2) is 0 Å². The maximum Gasteiger partial charge on any atom is 0.211 e. The Hall–Kier alpha value is -3.34. The second-order valence-electron chi connectivity index (χ2n) is 7.07. The van der Waals surface area contributed by atoms with Gasteiger partial charge in [0, 0.05) is 44.0 Å². The van der Waals surface area contributed by atoms with Crippen LogP contribution in [0.2, 0.25) is 0 Å². The molecule has 0 aliphatic heterocycles. The highest BCUT2D eigenvalue weighted by Crippen LogP contribution is 2.35. The molecule has 164 valence electrons. The van der Waals surface area contributed by atoms with Crippen LogP contribution >= 0.6 is 0 Å². The van der Waals surface area contributed by atoms with Gasteiger partial charge >= 0.3 is 0 Å². The van der Waals surface area contributed by atoms with Crippen LogP contribution in [0.25, 0.3) is 22.2 Å². The zero-order valence-corrected chi connectivity index (χ0v) is 18.6. The molecule has 3 aromatic rings. The molecule has 0 unspecified atom stereocenters. The number of hydrogen-bond acceptors (Lipinski definition) is 5. The second-order valence-corrected chi connectivity index (χ2v) is 7.07. The van der Waals surface area contributed by atoms with E-state index in [0.29, 0.717) is 30.9 Å². The Morgan fingerprint density at radius 2 is 1.84 bits per heavy atom. The number of carbonyl (C=O) groups is 1. The minimum atomic E-state index is 0.0822. The van der Waals surface area contributed by atoms with Gasteiger partial charge in [0.05, 0.1) is 36.1 Å². The molecular formula is C24H29N3O4. The molecule has 0 radical (unpaired) electrons. The highest BCUT2D eigenvalue weighted by molar-refractivity contribution is 5.95. The van der Waals surface area contributed by atoms with Crippen molar-refractivity contribution in [3.05, 3.63) is 48.0 Å². The number of anilines is 1. The van der Waals surface area contributed by atoms with Crippen molar-refractivity contribution in [1.82, 2.24) is 4.57 Å². The predicted octanol–water partition coefficient (Wildman–Crippen LogP) is 4.35. The molecule has 1 amide bonds. The van der Waals surface area contributed by atoms with Crippen molar-refractivity contribution < 1.29 is 19.0 Å². The number of methoxy groups -OCH3 is 2. The first-order chi connectivity index (χ1) is 15.0. The van der Waals surface area contributed by atoms with Gasteiger partial charge < -0.3 is 24.1 Å². The average Bonchev–Trinajstić information content (AvgIpc) is 3.04. The zero-order chi connectivity index (χ0) is 22.8. The number of aromatic nitrogens is 1. The highest BCUT2D eigenvalue weighted by atomic mass is 16.5. The number of benzene rings is 2. The number of carbonyl (C=O) groups excluding carboxylic acids is 1. The molecule has 0 fully saturated rings. The third-order valence-electron chi connectivity index (χ3n) is 4.51. The Morgan fingerprint density at radius 3 is 2.42 bits per heavy atom. The molecule has 0 saturated heterocycles. The van der Waals surface area contributed by atoms with Crippen molar-refractivity contribution >= 4 is 23.0 Å². The molecule has 0 bridgehead atoms. The lowest BCUT2D eigenvalue weighted by molar-refractivity contribution is -0.105. The van der Waals surface area contributed by atoms with Crippen LogP contribution in [-0.4, -0.2) is 44.5 Å². The van der Waals surface area contributed by atoms with E-state index in [4.69, 9.17) is 4.74 Å². The first-order valence-electron chi connectivity index (χ1n) is 9.94. The fraction of sp³-hybridized carbons (Fsp3) is 0.333. The van der Waals surface area contributed by atoms with Gasteiger partial charge in [-0.25, -0.2) is 0 Å². The summed E-state index contributed by atoms with van der Waals surface area (Å²) in [6, 6.07) is 15.5. The Bertz CT molecular complexity index is 1050. The largest absolute Gasteiger partial charge is 0.491 e. The summed E-state index contributed by atoms with van der Waals surface area (Å²) < 4.78 is 17.1. The topological polar surface area (TPSA) is 85.5 Å². The number of hydrogen-bond donors (Lipinski definition) is 1. The van der Waals surface area contributed by atoms with Crippen LogP contribution in [0.15, 0.2) is 42.5 Å². The molecule has 1 heterocycles. The smallest absolute Gasteiger partial charge is 0.211 e. The Kier molecular flexibility index (Phi) is 9.07. The Labute approximate surface area is 183 Å². The number of aryl methyl sites for hydroxylation is 1. The van der Waals surface area contributed by atoms with Crippen LogP contribution < -0.4 is 10.1 Å². The summed E-state index contributed by atoms with van der Waals surface area (Å²) in [7, 11) is 5.23. The summed E-state index contributed by atoms with van der Waals surface area (Å²) in [4.78, 5) is 10.7. The predicted molar refractivity (Wildman–Crippen MR) is 122 cm³/mol. The number of nitrogens with one attached hydrogen (secondary N) is 1. The van der Waals surface area contributed by atoms with E-state index in [-0.39, 0.29) is 6.10 Å². The summed E-state index contributed by atoms with van der Waals surface area (Å²) in [6.45, 7) is 5.34. The van der Waals surface area contributed by atoms with Crippen molar-refractivity contribution in [2.75, 3.05) is 32.8 Å². The van der Waals surface area contributed by atoms with Crippen LogP contribution in [0.5, 0.6) is 5.75 Å². The molecule has 2 aromatic carbocycles. The van der Waals surface area contributed by atoms with Crippen molar-refractivity contribution in [1.29, 1.82) is 5.26 Å². The molecule has 0 aliphatic rings. The fourth-order valence-corrected chi connectivity index (χ4v) is 3.20. The molecule has 3 rings (SSSR count). The van der Waals surface area contributed by atoms with Crippen molar-refractivity contribution in [2.24, 2.45) is 7.05 Å². The maximum atomic E-state index is 10.7. The maximum absolute atomic E-state index is 10.7. The minimum Gasteiger partial charge on any atom is -0.491 e. The number of nitrogens with zero attached hydrogens (tertiary/aromatic N) is 2. The minimum absolute atomic E-state index is 0.0822. The molecule has 1 aromatic heterocycles. The molecule has 0 aliphatic carbocycles. The van der Waals surface area contributed by atoms with Crippen LogP contribution in [0.4, 0.5) is 5.69 Å². The van der Waals surface area contributed by atoms with E-state index < -0.39 is 0 Å².